The molecule has 44 heavy (non-hydrogen) atoms. The van der Waals surface area contributed by atoms with Crippen LogP contribution >= 0.6 is 11.6 Å². The Bertz CT molecular complexity index is 1840. The molecule has 1 saturated heterocycles. The highest BCUT2D eigenvalue weighted by Crippen LogP contribution is 2.36. The molecule has 1 atom stereocenters. The fourth-order valence-electron chi connectivity index (χ4n) is 5.65. The topological polar surface area (TPSA) is 121 Å². The third-order valence-corrected chi connectivity index (χ3v) is 8.00. The number of aryl methyl sites for hydroxylation is 2. The van der Waals surface area contributed by atoms with Crippen LogP contribution in [0.15, 0.2) is 48.0 Å². The number of carbonyl (C=O) groups is 1. The highest BCUT2D eigenvalue weighted by molar-refractivity contribution is 6.33. The molecule has 4 heterocycles. The molecule has 0 saturated carbocycles. The number of hydrogen-bond donors (Lipinski definition) is 0. The zero-order valence-corrected chi connectivity index (χ0v) is 25.6. The minimum Gasteiger partial charge on any atom is -0.350 e. The number of fused-ring (bicyclic) bond motifs is 1. The molecule has 10 nitrogen and oxygen atoms in total. The van der Waals surface area contributed by atoms with E-state index < -0.39 is 11.5 Å². The normalized spacial score (nSPS) is 15.0. The molecule has 1 amide bonds. The van der Waals surface area contributed by atoms with Gasteiger partial charge in [0.05, 0.1) is 44.8 Å². The lowest BCUT2D eigenvalue weighted by Crippen LogP contribution is -2.54. The summed E-state index contributed by atoms with van der Waals surface area (Å²) in [5.41, 5.74) is 1.87. The SMILES string of the molecule is C=CC(=O)N1CCN(c2nc(=O)n(-c3c(CCC)ncnc3CCC)c3nc(-c4ccc(C#N)cc4F)c(Cl)cc23)[C@@H](C)C1. The van der Waals surface area contributed by atoms with Gasteiger partial charge in [-0.15, -0.1) is 0 Å². The van der Waals surface area contributed by atoms with E-state index in [9.17, 15) is 14.9 Å². The fraction of sp³-hybridized carbons (Fsp3) is 0.344. The van der Waals surface area contributed by atoms with E-state index in [2.05, 4.69) is 21.5 Å². The third kappa shape index (κ3) is 5.65. The van der Waals surface area contributed by atoms with Crippen LogP contribution in [0.1, 0.15) is 50.6 Å². The molecule has 0 unspecified atom stereocenters. The molecular weight excluding hydrogens is 583 g/mol. The molecule has 1 aliphatic heterocycles. The minimum absolute atomic E-state index is 0.0880. The monoisotopic (exact) mass is 614 g/mol. The van der Waals surface area contributed by atoms with Crippen LogP contribution in [0.4, 0.5) is 10.2 Å². The van der Waals surface area contributed by atoms with Crippen LogP contribution < -0.4 is 10.6 Å². The van der Waals surface area contributed by atoms with Crippen molar-refractivity contribution in [3.8, 4) is 23.0 Å². The molecule has 1 aliphatic rings. The molecule has 0 spiro atoms. The van der Waals surface area contributed by atoms with Gasteiger partial charge in [0.2, 0.25) is 5.91 Å². The number of rotatable bonds is 8. The van der Waals surface area contributed by atoms with Crippen molar-refractivity contribution in [2.75, 3.05) is 24.5 Å². The van der Waals surface area contributed by atoms with E-state index in [1.165, 1.54) is 29.1 Å². The van der Waals surface area contributed by atoms with Gasteiger partial charge < -0.3 is 9.80 Å². The summed E-state index contributed by atoms with van der Waals surface area (Å²) in [4.78, 5) is 48.6. The number of carbonyl (C=O) groups excluding carboxylic acids is 1. The maximum absolute atomic E-state index is 15.3. The average Bonchev–Trinajstić information content (AvgIpc) is 3.01. The molecular formula is C32H32ClFN8O2. The van der Waals surface area contributed by atoms with Gasteiger partial charge in [-0.25, -0.2) is 28.7 Å². The lowest BCUT2D eigenvalue weighted by molar-refractivity contribution is -0.126. The minimum atomic E-state index is -0.668. The van der Waals surface area contributed by atoms with Crippen LogP contribution in [-0.2, 0) is 17.6 Å². The Morgan fingerprint density at radius 1 is 1.16 bits per heavy atom. The summed E-state index contributed by atoms with van der Waals surface area (Å²) in [6, 6.07) is 7.44. The number of hydrogen-bond acceptors (Lipinski definition) is 8. The van der Waals surface area contributed by atoms with E-state index in [4.69, 9.17) is 16.6 Å². The molecule has 0 radical (unpaired) electrons. The van der Waals surface area contributed by atoms with Gasteiger partial charge in [-0.1, -0.05) is 44.9 Å². The Morgan fingerprint density at radius 2 is 1.86 bits per heavy atom. The van der Waals surface area contributed by atoms with E-state index in [0.29, 0.717) is 60.8 Å². The predicted molar refractivity (Wildman–Crippen MR) is 167 cm³/mol. The molecule has 0 bridgehead atoms. The first kappa shape index (κ1) is 30.8. The number of amides is 1. The molecule has 1 fully saturated rings. The van der Waals surface area contributed by atoms with E-state index in [-0.39, 0.29) is 39.4 Å². The Kier molecular flexibility index (Phi) is 9.01. The largest absolute Gasteiger partial charge is 0.355 e. The van der Waals surface area contributed by atoms with E-state index in [0.717, 1.165) is 18.9 Å². The van der Waals surface area contributed by atoms with Gasteiger partial charge in [0, 0.05) is 31.2 Å². The van der Waals surface area contributed by atoms with Crippen molar-refractivity contribution < 1.29 is 9.18 Å². The number of aromatic nitrogens is 5. The van der Waals surface area contributed by atoms with Crippen LogP contribution in [0.5, 0.6) is 0 Å². The van der Waals surface area contributed by atoms with Gasteiger partial charge in [-0.3, -0.25) is 4.79 Å². The Labute approximate surface area is 259 Å². The summed E-state index contributed by atoms with van der Waals surface area (Å²) in [6.45, 7) is 10.8. The summed E-state index contributed by atoms with van der Waals surface area (Å²) in [7, 11) is 0. The average molecular weight is 615 g/mol. The standard InChI is InChI=1S/C32H32ClFN8O2/c1-5-8-25-29(26(9-6-2)37-18-36-25)42-31-22(15-23(33)28(38-31)21-11-10-20(16-35)14-24(21)34)30(39-32(42)44)41-13-12-40(17-19(41)4)27(43)7-3/h7,10-11,14-15,18-19H,3,5-6,8-9,12-13,17H2,1-2,4H3/t19-/m0/s1. The molecule has 4 aromatic rings. The maximum atomic E-state index is 15.3. The second-order valence-corrected chi connectivity index (χ2v) is 11.1. The van der Waals surface area contributed by atoms with Crippen molar-refractivity contribution in [2.24, 2.45) is 0 Å². The van der Waals surface area contributed by atoms with Gasteiger partial charge in [-0.2, -0.15) is 10.2 Å². The Hall–Kier alpha value is -4.69. The van der Waals surface area contributed by atoms with Gasteiger partial charge in [0.1, 0.15) is 18.0 Å². The number of piperazine rings is 1. The zero-order chi connectivity index (χ0) is 31.5. The summed E-state index contributed by atoms with van der Waals surface area (Å²) in [5.74, 6) is -0.467. The quantitative estimate of drug-likeness (QED) is 0.253. The summed E-state index contributed by atoms with van der Waals surface area (Å²) < 4.78 is 16.7. The second-order valence-electron chi connectivity index (χ2n) is 10.7. The van der Waals surface area contributed by atoms with E-state index >= 15 is 4.39 Å². The van der Waals surface area contributed by atoms with Gasteiger partial charge in [0.25, 0.3) is 0 Å². The number of nitriles is 1. The number of pyridine rings is 1. The van der Waals surface area contributed by atoms with Gasteiger partial charge >= 0.3 is 5.69 Å². The number of halogens is 2. The lowest BCUT2D eigenvalue weighted by atomic mass is 10.1. The smallest absolute Gasteiger partial charge is 0.350 e. The molecule has 226 valence electrons. The van der Waals surface area contributed by atoms with Gasteiger partial charge in [-0.05, 0) is 50.1 Å². The third-order valence-electron chi connectivity index (χ3n) is 7.71. The van der Waals surface area contributed by atoms with Crippen LogP contribution in [0, 0.1) is 17.1 Å². The van der Waals surface area contributed by atoms with Crippen molar-refractivity contribution >= 4 is 34.4 Å². The van der Waals surface area contributed by atoms with Crippen LogP contribution in [0.25, 0.3) is 28.0 Å². The Morgan fingerprint density at radius 3 is 2.45 bits per heavy atom. The van der Waals surface area contributed by atoms with E-state index in [1.807, 2.05) is 31.7 Å². The summed E-state index contributed by atoms with van der Waals surface area (Å²) in [6.07, 6.45) is 5.52. The fourth-order valence-corrected chi connectivity index (χ4v) is 5.90. The lowest BCUT2D eigenvalue weighted by Gasteiger charge is -2.40. The zero-order valence-electron chi connectivity index (χ0n) is 24.8. The number of nitrogens with zero attached hydrogens (tertiary/aromatic N) is 8. The first-order valence-electron chi connectivity index (χ1n) is 14.6. The summed E-state index contributed by atoms with van der Waals surface area (Å²) in [5, 5.41) is 9.87. The van der Waals surface area contributed by atoms with Crippen LogP contribution in [-0.4, -0.2) is 61.0 Å². The van der Waals surface area contributed by atoms with Crippen molar-refractivity contribution in [1.29, 1.82) is 5.26 Å². The van der Waals surface area contributed by atoms with Gasteiger partial charge in [0.15, 0.2) is 5.65 Å². The molecule has 3 aromatic heterocycles. The molecule has 1 aromatic carbocycles. The molecule has 5 rings (SSSR count). The molecule has 0 aliphatic carbocycles. The maximum Gasteiger partial charge on any atom is 0.355 e. The Balaban J connectivity index is 1.82. The van der Waals surface area contributed by atoms with E-state index in [1.54, 1.807) is 11.0 Å². The van der Waals surface area contributed by atoms with Crippen molar-refractivity contribution in [3.05, 3.63) is 81.5 Å². The summed E-state index contributed by atoms with van der Waals surface area (Å²) >= 11 is 6.80. The van der Waals surface area contributed by atoms with Crippen molar-refractivity contribution in [2.45, 2.75) is 52.5 Å². The highest BCUT2D eigenvalue weighted by atomic mass is 35.5. The predicted octanol–water partition coefficient (Wildman–Crippen LogP) is 5.03. The molecule has 12 heteroatoms. The second kappa shape index (κ2) is 12.9. The van der Waals surface area contributed by atoms with Crippen molar-refractivity contribution in [1.82, 2.24) is 29.4 Å². The van der Waals surface area contributed by atoms with Crippen molar-refractivity contribution in [3.63, 3.8) is 0 Å². The van der Waals surface area contributed by atoms with Crippen LogP contribution in [0.3, 0.4) is 0 Å². The first-order chi connectivity index (χ1) is 21.2. The number of benzene rings is 1. The molecule has 0 N–H and O–H groups in total. The highest BCUT2D eigenvalue weighted by Gasteiger charge is 2.30. The number of anilines is 1. The first-order valence-corrected chi connectivity index (χ1v) is 14.9. The van der Waals surface area contributed by atoms with Crippen LogP contribution in [0.2, 0.25) is 5.02 Å².